The molecule has 154 valence electrons. The molecule has 1 aliphatic rings. The van der Waals surface area contributed by atoms with Crippen molar-refractivity contribution >= 4 is 29.3 Å². The lowest BCUT2D eigenvalue weighted by molar-refractivity contribution is -0.384. The lowest BCUT2D eigenvalue weighted by atomic mass is 9.80. The number of amides is 2. The van der Waals surface area contributed by atoms with E-state index in [9.17, 15) is 19.7 Å². The molecule has 0 bridgehead atoms. The number of nitrogens with zero attached hydrogens (tertiary/aromatic N) is 2. The average Bonchev–Trinajstić information content (AvgIpc) is 2.69. The van der Waals surface area contributed by atoms with Gasteiger partial charge in [-0.15, -0.1) is 11.8 Å². The second-order valence-electron chi connectivity index (χ2n) is 7.12. The van der Waals surface area contributed by atoms with Crippen molar-refractivity contribution in [1.82, 2.24) is 10.2 Å². The van der Waals surface area contributed by atoms with Crippen molar-refractivity contribution in [2.45, 2.75) is 68.6 Å². The van der Waals surface area contributed by atoms with Crippen LogP contribution >= 0.6 is 11.8 Å². The summed E-state index contributed by atoms with van der Waals surface area (Å²) in [4.78, 5) is 38.9. The summed E-state index contributed by atoms with van der Waals surface area (Å²) in [7, 11) is 0. The molecule has 1 fully saturated rings. The minimum Gasteiger partial charge on any atom is -0.341 e. The number of carbonyl (C=O) groups is 2. The van der Waals surface area contributed by atoms with Gasteiger partial charge in [-0.2, -0.15) is 0 Å². The molecule has 28 heavy (non-hydrogen) atoms. The van der Waals surface area contributed by atoms with E-state index < -0.39 is 15.7 Å². The monoisotopic (exact) mass is 407 g/mol. The first-order chi connectivity index (χ1) is 13.3. The minimum atomic E-state index is -0.814. The number of hydrogen-bond donors (Lipinski definition) is 1. The van der Waals surface area contributed by atoms with E-state index in [0.29, 0.717) is 25.9 Å². The number of nitro benzene ring substituents is 1. The van der Waals surface area contributed by atoms with Gasteiger partial charge in [-0.05, 0) is 45.7 Å². The molecule has 0 aromatic heterocycles. The van der Waals surface area contributed by atoms with Gasteiger partial charge < -0.3 is 10.2 Å². The molecule has 1 aromatic rings. The van der Waals surface area contributed by atoms with Gasteiger partial charge in [0.05, 0.1) is 10.2 Å². The highest BCUT2D eigenvalue weighted by molar-refractivity contribution is 8.00. The van der Waals surface area contributed by atoms with Crippen LogP contribution in [0.5, 0.6) is 0 Å². The van der Waals surface area contributed by atoms with E-state index >= 15 is 0 Å². The van der Waals surface area contributed by atoms with E-state index in [1.165, 1.54) is 23.9 Å². The second kappa shape index (κ2) is 9.91. The summed E-state index contributed by atoms with van der Waals surface area (Å²) in [6, 6.07) is 6.15. The van der Waals surface area contributed by atoms with Crippen LogP contribution in [0.1, 0.15) is 52.9 Å². The Kier molecular flexibility index (Phi) is 7.86. The Morgan fingerprint density at radius 3 is 2.25 bits per heavy atom. The van der Waals surface area contributed by atoms with E-state index in [4.69, 9.17) is 0 Å². The Hall–Kier alpha value is -2.09. The average molecular weight is 408 g/mol. The maximum Gasteiger partial charge on any atom is 0.269 e. The molecule has 1 saturated carbocycles. The Morgan fingerprint density at radius 1 is 1.18 bits per heavy atom. The van der Waals surface area contributed by atoms with Crippen molar-refractivity contribution in [3.05, 3.63) is 34.4 Å². The molecule has 1 unspecified atom stereocenters. The Morgan fingerprint density at radius 2 is 1.75 bits per heavy atom. The number of non-ortho nitro benzene ring substituents is 1. The van der Waals surface area contributed by atoms with Gasteiger partial charge in [0.15, 0.2) is 0 Å². The number of hydrogen-bond acceptors (Lipinski definition) is 5. The Labute approximate surface area is 170 Å². The SMILES string of the molecule is CCN(CC)C(=O)C1(NC(=O)C(C)Sc2ccc([N+](=O)[O-])cc2)CCCCC1. The minimum absolute atomic E-state index is 0.0121. The highest BCUT2D eigenvalue weighted by Gasteiger charge is 2.43. The molecule has 1 aromatic carbocycles. The molecule has 2 rings (SSSR count). The van der Waals surface area contributed by atoms with Gasteiger partial charge in [-0.1, -0.05) is 19.3 Å². The van der Waals surface area contributed by atoms with E-state index in [1.54, 1.807) is 24.0 Å². The first-order valence-corrected chi connectivity index (χ1v) is 10.7. The summed E-state index contributed by atoms with van der Waals surface area (Å²) in [6.45, 7) is 6.94. The van der Waals surface area contributed by atoms with E-state index in [1.807, 2.05) is 13.8 Å². The van der Waals surface area contributed by atoms with Crippen LogP contribution in [0.2, 0.25) is 0 Å². The highest BCUT2D eigenvalue weighted by atomic mass is 32.2. The Balaban J connectivity index is 2.09. The molecular formula is C20H29N3O4S. The predicted molar refractivity (Wildman–Crippen MR) is 110 cm³/mol. The summed E-state index contributed by atoms with van der Waals surface area (Å²) in [5.74, 6) is -0.163. The van der Waals surface area contributed by atoms with Crippen molar-refractivity contribution in [1.29, 1.82) is 0 Å². The van der Waals surface area contributed by atoms with Gasteiger partial charge in [-0.25, -0.2) is 0 Å². The molecule has 0 heterocycles. The number of thioether (sulfide) groups is 1. The smallest absolute Gasteiger partial charge is 0.269 e. The molecule has 2 amide bonds. The quantitative estimate of drug-likeness (QED) is 0.402. The number of likely N-dealkylation sites (N-methyl/N-ethyl adjacent to an activating group) is 1. The van der Waals surface area contributed by atoms with Crippen LogP contribution in [0.25, 0.3) is 0 Å². The van der Waals surface area contributed by atoms with Gasteiger partial charge in [0.2, 0.25) is 11.8 Å². The van der Waals surface area contributed by atoms with E-state index in [0.717, 1.165) is 24.2 Å². The maximum absolute atomic E-state index is 13.1. The largest absolute Gasteiger partial charge is 0.341 e. The summed E-state index contributed by atoms with van der Waals surface area (Å²) in [5, 5.41) is 13.4. The first kappa shape index (κ1) is 22.2. The number of carbonyl (C=O) groups excluding carboxylic acids is 2. The van der Waals surface area contributed by atoms with Crippen molar-refractivity contribution < 1.29 is 14.5 Å². The fourth-order valence-corrected chi connectivity index (χ4v) is 4.47. The molecule has 0 aliphatic heterocycles. The number of rotatable bonds is 8. The molecule has 8 heteroatoms. The fourth-order valence-electron chi connectivity index (χ4n) is 3.60. The fraction of sp³-hybridized carbons (Fsp3) is 0.600. The van der Waals surface area contributed by atoms with Crippen LogP contribution < -0.4 is 5.32 Å². The topological polar surface area (TPSA) is 92.6 Å². The lowest BCUT2D eigenvalue weighted by Crippen LogP contribution is -2.61. The van der Waals surface area contributed by atoms with Crippen molar-refractivity contribution in [3.63, 3.8) is 0 Å². The summed E-state index contributed by atoms with van der Waals surface area (Å²) >= 11 is 1.33. The summed E-state index contributed by atoms with van der Waals surface area (Å²) < 4.78 is 0. The van der Waals surface area contributed by atoms with Crippen LogP contribution in [0.4, 0.5) is 5.69 Å². The van der Waals surface area contributed by atoms with Gasteiger partial charge in [-0.3, -0.25) is 19.7 Å². The van der Waals surface area contributed by atoms with Gasteiger partial charge >= 0.3 is 0 Å². The molecule has 0 saturated heterocycles. The standard InChI is InChI=1S/C20H29N3O4S/c1-4-22(5-2)19(25)20(13-7-6-8-14-20)21-18(24)15(3)28-17-11-9-16(10-12-17)23(26)27/h9-12,15H,4-8,13-14H2,1-3H3,(H,21,24). The third kappa shape index (κ3) is 5.25. The molecule has 0 spiro atoms. The maximum atomic E-state index is 13.1. The van der Waals surface area contributed by atoms with Crippen LogP contribution in [-0.4, -0.2) is 45.5 Å². The van der Waals surface area contributed by atoms with E-state index in [2.05, 4.69) is 5.32 Å². The first-order valence-electron chi connectivity index (χ1n) is 9.85. The van der Waals surface area contributed by atoms with Crippen molar-refractivity contribution in [3.8, 4) is 0 Å². The zero-order chi connectivity index (χ0) is 20.7. The molecule has 1 aliphatic carbocycles. The van der Waals surface area contributed by atoms with Crippen molar-refractivity contribution in [2.24, 2.45) is 0 Å². The van der Waals surface area contributed by atoms with Gasteiger partial charge in [0.25, 0.3) is 5.69 Å². The highest BCUT2D eigenvalue weighted by Crippen LogP contribution is 2.32. The van der Waals surface area contributed by atoms with Gasteiger partial charge in [0.1, 0.15) is 5.54 Å². The Bertz CT molecular complexity index is 698. The van der Waals surface area contributed by atoms with Crippen LogP contribution in [-0.2, 0) is 9.59 Å². The molecule has 7 nitrogen and oxygen atoms in total. The van der Waals surface area contributed by atoms with Crippen molar-refractivity contribution in [2.75, 3.05) is 13.1 Å². The predicted octanol–water partition coefficient (Wildman–Crippen LogP) is 3.76. The third-order valence-corrected chi connectivity index (χ3v) is 6.37. The lowest BCUT2D eigenvalue weighted by Gasteiger charge is -2.40. The molecule has 1 atom stereocenters. The van der Waals surface area contributed by atoms with Crippen LogP contribution in [0, 0.1) is 10.1 Å². The van der Waals surface area contributed by atoms with Crippen LogP contribution in [0.15, 0.2) is 29.2 Å². The number of benzene rings is 1. The van der Waals surface area contributed by atoms with Crippen LogP contribution in [0.3, 0.4) is 0 Å². The third-order valence-electron chi connectivity index (χ3n) is 5.26. The molecule has 1 N–H and O–H groups in total. The van der Waals surface area contributed by atoms with Gasteiger partial charge in [0, 0.05) is 30.1 Å². The zero-order valence-electron chi connectivity index (χ0n) is 16.8. The second-order valence-corrected chi connectivity index (χ2v) is 8.53. The molecule has 0 radical (unpaired) electrons. The summed E-state index contributed by atoms with van der Waals surface area (Å²) in [5.41, 5.74) is -0.793. The number of nitrogens with one attached hydrogen (secondary N) is 1. The molecular weight excluding hydrogens is 378 g/mol. The number of nitro groups is 1. The normalized spacial score (nSPS) is 16.8. The van der Waals surface area contributed by atoms with E-state index in [-0.39, 0.29) is 17.5 Å². The summed E-state index contributed by atoms with van der Waals surface area (Å²) in [6.07, 6.45) is 4.27. The zero-order valence-corrected chi connectivity index (χ0v) is 17.6.